The SMILES string of the molecule is CC1(C)Cc2c(Oc3ccc(C(=O)N4CCC4)cc3)cc(C(=O)O)c(F)c2O1. The van der Waals surface area contributed by atoms with Gasteiger partial charge in [0.15, 0.2) is 11.6 Å². The van der Waals surface area contributed by atoms with Gasteiger partial charge in [0.05, 0.1) is 0 Å². The molecule has 7 heteroatoms. The maximum absolute atomic E-state index is 14.5. The highest BCUT2D eigenvalue weighted by Crippen LogP contribution is 2.45. The van der Waals surface area contributed by atoms with Gasteiger partial charge in [-0.1, -0.05) is 0 Å². The second kappa shape index (κ2) is 6.51. The molecule has 146 valence electrons. The van der Waals surface area contributed by atoms with Gasteiger partial charge < -0.3 is 19.5 Å². The number of carbonyl (C=O) groups is 2. The molecule has 1 saturated heterocycles. The van der Waals surface area contributed by atoms with Crippen LogP contribution in [-0.2, 0) is 6.42 Å². The average Bonchev–Trinajstić information content (AvgIpc) is 2.92. The van der Waals surface area contributed by atoms with Crippen molar-refractivity contribution in [2.24, 2.45) is 0 Å². The van der Waals surface area contributed by atoms with Crippen molar-refractivity contribution < 1.29 is 28.6 Å². The second-order valence-electron chi connectivity index (χ2n) is 7.66. The molecule has 1 amide bonds. The normalized spacial score (nSPS) is 16.8. The van der Waals surface area contributed by atoms with Gasteiger partial charge in [-0.2, -0.15) is 0 Å². The minimum absolute atomic E-state index is 0.0243. The van der Waals surface area contributed by atoms with Crippen molar-refractivity contribution in [3.05, 3.63) is 52.8 Å². The average molecular weight is 385 g/mol. The van der Waals surface area contributed by atoms with Gasteiger partial charge in [-0.15, -0.1) is 0 Å². The van der Waals surface area contributed by atoms with E-state index in [4.69, 9.17) is 9.47 Å². The number of likely N-dealkylation sites (tertiary alicyclic amines) is 1. The number of carboxylic acid groups (broad SMARTS) is 1. The van der Waals surface area contributed by atoms with Gasteiger partial charge in [0, 0.05) is 30.6 Å². The Morgan fingerprint density at radius 1 is 1.21 bits per heavy atom. The molecule has 0 saturated carbocycles. The number of halogens is 1. The van der Waals surface area contributed by atoms with Crippen LogP contribution in [0.2, 0.25) is 0 Å². The molecular formula is C21H20FNO5. The molecule has 2 aliphatic rings. The van der Waals surface area contributed by atoms with Gasteiger partial charge in [0.2, 0.25) is 0 Å². The molecule has 6 nitrogen and oxygen atoms in total. The third-order valence-electron chi connectivity index (χ3n) is 4.97. The van der Waals surface area contributed by atoms with Crippen LogP contribution in [0, 0.1) is 5.82 Å². The van der Waals surface area contributed by atoms with E-state index < -0.39 is 23.0 Å². The Labute approximate surface area is 161 Å². The summed E-state index contributed by atoms with van der Waals surface area (Å²) in [7, 11) is 0. The number of nitrogens with zero attached hydrogens (tertiary/aromatic N) is 1. The number of ether oxygens (including phenoxy) is 2. The standard InChI is InChI=1S/C21H20FNO5/c1-21(2)11-15-16(10-14(20(25)26)17(22)18(15)28-21)27-13-6-4-12(5-7-13)19(24)23-8-3-9-23/h4-7,10H,3,8-9,11H2,1-2H3,(H,25,26). The Bertz CT molecular complexity index is 964. The zero-order valence-electron chi connectivity index (χ0n) is 15.6. The van der Waals surface area contributed by atoms with Gasteiger partial charge in [0.1, 0.15) is 22.7 Å². The first-order chi connectivity index (χ1) is 13.2. The van der Waals surface area contributed by atoms with E-state index in [1.165, 1.54) is 6.07 Å². The first-order valence-electron chi connectivity index (χ1n) is 9.10. The van der Waals surface area contributed by atoms with Crippen LogP contribution in [0.15, 0.2) is 30.3 Å². The number of carboxylic acids is 1. The van der Waals surface area contributed by atoms with Crippen LogP contribution in [0.3, 0.4) is 0 Å². The number of aromatic carboxylic acids is 1. The highest BCUT2D eigenvalue weighted by atomic mass is 19.1. The Balaban J connectivity index is 1.64. The Hall–Kier alpha value is -3.09. The van der Waals surface area contributed by atoms with Crippen molar-refractivity contribution in [1.82, 2.24) is 4.90 Å². The molecule has 2 aromatic carbocycles. The number of carbonyl (C=O) groups excluding carboxylic acids is 1. The Kier molecular flexibility index (Phi) is 4.25. The molecule has 0 aromatic heterocycles. The van der Waals surface area contributed by atoms with Crippen LogP contribution in [-0.4, -0.2) is 40.6 Å². The molecule has 0 atom stereocenters. The molecule has 0 aliphatic carbocycles. The Morgan fingerprint density at radius 2 is 1.89 bits per heavy atom. The lowest BCUT2D eigenvalue weighted by molar-refractivity contribution is 0.0650. The van der Waals surface area contributed by atoms with E-state index in [0.29, 0.717) is 23.3 Å². The lowest BCUT2D eigenvalue weighted by Crippen LogP contribution is -2.41. The van der Waals surface area contributed by atoms with Crippen molar-refractivity contribution in [3.8, 4) is 17.2 Å². The molecular weight excluding hydrogens is 365 g/mol. The first-order valence-corrected chi connectivity index (χ1v) is 9.10. The predicted octanol–water partition coefficient (Wildman–Crippen LogP) is 3.88. The number of rotatable bonds is 4. The third kappa shape index (κ3) is 3.17. The lowest BCUT2D eigenvalue weighted by Gasteiger charge is -2.30. The molecule has 0 bridgehead atoms. The molecule has 0 spiro atoms. The third-order valence-corrected chi connectivity index (χ3v) is 4.97. The molecule has 0 radical (unpaired) electrons. The van der Waals surface area contributed by atoms with Crippen LogP contribution < -0.4 is 9.47 Å². The minimum atomic E-state index is -1.39. The Morgan fingerprint density at radius 3 is 2.46 bits per heavy atom. The zero-order valence-corrected chi connectivity index (χ0v) is 15.6. The number of fused-ring (bicyclic) bond motifs is 1. The summed E-state index contributed by atoms with van der Waals surface area (Å²) in [5.41, 5.74) is -0.109. The molecule has 2 aromatic rings. The number of hydrogen-bond donors (Lipinski definition) is 1. The smallest absolute Gasteiger partial charge is 0.338 e. The van der Waals surface area contributed by atoms with Crippen LogP contribution in [0.25, 0.3) is 0 Å². The van der Waals surface area contributed by atoms with Gasteiger partial charge in [0.25, 0.3) is 5.91 Å². The topological polar surface area (TPSA) is 76.1 Å². The van der Waals surface area contributed by atoms with E-state index in [1.54, 1.807) is 43.0 Å². The predicted molar refractivity (Wildman–Crippen MR) is 98.8 cm³/mol. The lowest BCUT2D eigenvalue weighted by atomic mass is 9.99. The summed E-state index contributed by atoms with van der Waals surface area (Å²) < 4.78 is 26.0. The molecule has 4 rings (SSSR count). The second-order valence-corrected chi connectivity index (χ2v) is 7.66. The first kappa shape index (κ1) is 18.3. The van der Waals surface area contributed by atoms with Gasteiger partial charge in [-0.25, -0.2) is 9.18 Å². The fourth-order valence-electron chi connectivity index (χ4n) is 3.40. The zero-order chi connectivity index (χ0) is 20.1. The quantitative estimate of drug-likeness (QED) is 0.865. The summed E-state index contributed by atoms with van der Waals surface area (Å²) in [5.74, 6) is -1.73. The molecule has 2 heterocycles. The number of benzene rings is 2. The van der Waals surface area contributed by atoms with Crippen molar-refractivity contribution in [3.63, 3.8) is 0 Å². The number of amides is 1. The monoisotopic (exact) mass is 385 g/mol. The van der Waals surface area contributed by atoms with Crippen molar-refractivity contribution in [1.29, 1.82) is 0 Å². The molecule has 1 N–H and O–H groups in total. The minimum Gasteiger partial charge on any atom is -0.484 e. The molecule has 1 fully saturated rings. The fourth-order valence-corrected chi connectivity index (χ4v) is 3.40. The van der Waals surface area contributed by atoms with Gasteiger partial charge in [-0.3, -0.25) is 4.79 Å². The van der Waals surface area contributed by atoms with Crippen molar-refractivity contribution in [2.45, 2.75) is 32.3 Å². The summed E-state index contributed by atoms with van der Waals surface area (Å²) in [6.07, 6.45) is 1.41. The largest absolute Gasteiger partial charge is 0.484 e. The summed E-state index contributed by atoms with van der Waals surface area (Å²) >= 11 is 0. The van der Waals surface area contributed by atoms with E-state index in [9.17, 15) is 19.1 Å². The van der Waals surface area contributed by atoms with E-state index in [1.807, 2.05) is 0 Å². The van der Waals surface area contributed by atoms with Crippen LogP contribution >= 0.6 is 0 Å². The number of hydrogen-bond acceptors (Lipinski definition) is 4. The highest BCUT2D eigenvalue weighted by Gasteiger charge is 2.37. The van der Waals surface area contributed by atoms with Crippen LogP contribution in [0.1, 0.15) is 46.5 Å². The van der Waals surface area contributed by atoms with E-state index in [-0.39, 0.29) is 17.4 Å². The van der Waals surface area contributed by atoms with Gasteiger partial charge >= 0.3 is 5.97 Å². The summed E-state index contributed by atoms with van der Waals surface area (Å²) in [6.45, 7) is 5.14. The summed E-state index contributed by atoms with van der Waals surface area (Å²) in [6, 6.07) is 7.80. The van der Waals surface area contributed by atoms with Crippen LogP contribution in [0.5, 0.6) is 17.2 Å². The van der Waals surface area contributed by atoms with Crippen molar-refractivity contribution in [2.75, 3.05) is 13.1 Å². The summed E-state index contributed by atoms with van der Waals surface area (Å²) in [4.78, 5) is 25.4. The van der Waals surface area contributed by atoms with Gasteiger partial charge in [-0.05, 0) is 50.6 Å². The van der Waals surface area contributed by atoms with Crippen LogP contribution in [0.4, 0.5) is 4.39 Å². The molecule has 0 unspecified atom stereocenters. The molecule has 28 heavy (non-hydrogen) atoms. The highest BCUT2D eigenvalue weighted by molar-refractivity contribution is 5.94. The maximum Gasteiger partial charge on any atom is 0.338 e. The van der Waals surface area contributed by atoms with E-state index >= 15 is 0 Å². The van der Waals surface area contributed by atoms with E-state index in [2.05, 4.69) is 0 Å². The van der Waals surface area contributed by atoms with E-state index in [0.717, 1.165) is 19.5 Å². The maximum atomic E-state index is 14.5. The summed E-state index contributed by atoms with van der Waals surface area (Å²) in [5, 5.41) is 9.30. The fraction of sp³-hybridized carbons (Fsp3) is 0.333. The van der Waals surface area contributed by atoms with Crippen molar-refractivity contribution >= 4 is 11.9 Å². The molecule has 2 aliphatic heterocycles.